The topological polar surface area (TPSA) is 76.7 Å². The molecule has 0 aliphatic heterocycles. The Morgan fingerprint density at radius 3 is 2.04 bits per heavy atom. The van der Waals surface area contributed by atoms with E-state index in [0.717, 1.165) is 17.8 Å². The molecule has 4 bridgehead atoms. The van der Waals surface area contributed by atoms with Crippen molar-refractivity contribution in [2.75, 3.05) is 13.2 Å². The van der Waals surface area contributed by atoms with Gasteiger partial charge in [0.25, 0.3) is 5.91 Å². The molecule has 4 saturated carbocycles. The van der Waals surface area contributed by atoms with Crippen LogP contribution in [0.4, 0.5) is 0 Å². The van der Waals surface area contributed by atoms with Crippen LogP contribution in [-0.2, 0) is 9.59 Å². The summed E-state index contributed by atoms with van der Waals surface area (Å²) >= 11 is 0. The first kappa shape index (κ1) is 19.1. The Morgan fingerprint density at radius 1 is 0.929 bits per heavy atom. The predicted octanol–water partition coefficient (Wildman–Crippen LogP) is 3.22. The highest BCUT2D eigenvalue weighted by Crippen LogP contribution is 2.61. The van der Waals surface area contributed by atoms with Gasteiger partial charge >= 0.3 is 0 Å². The highest BCUT2D eigenvalue weighted by atomic mass is 16.5. The van der Waals surface area contributed by atoms with E-state index in [9.17, 15) is 9.59 Å². The van der Waals surface area contributed by atoms with Gasteiger partial charge in [-0.15, -0.1) is 0 Å². The fourth-order valence-electron chi connectivity index (χ4n) is 6.05. The van der Waals surface area contributed by atoms with Crippen LogP contribution in [0.5, 0.6) is 11.5 Å². The lowest BCUT2D eigenvalue weighted by Crippen LogP contribution is -2.50. The molecule has 0 radical (unpaired) electrons. The van der Waals surface area contributed by atoms with Gasteiger partial charge < -0.3 is 9.47 Å². The molecule has 0 saturated heterocycles. The first-order chi connectivity index (χ1) is 13.5. The third-order valence-corrected chi connectivity index (χ3v) is 6.55. The Hall–Kier alpha value is -2.24. The third-order valence-electron chi connectivity index (χ3n) is 6.55. The zero-order chi connectivity index (χ0) is 19.6. The van der Waals surface area contributed by atoms with Crippen molar-refractivity contribution in [1.82, 2.24) is 10.9 Å². The minimum absolute atomic E-state index is 0.0926. The first-order valence-electron chi connectivity index (χ1n) is 10.5. The van der Waals surface area contributed by atoms with Crippen LogP contribution >= 0.6 is 0 Å². The van der Waals surface area contributed by atoms with E-state index in [1.54, 1.807) is 12.1 Å². The molecular formula is C22H30N2O4. The molecule has 2 N–H and O–H groups in total. The van der Waals surface area contributed by atoms with Crippen LogP contribution in [0, 0.1) is 23.2 Å². The highest BCUT2D eigenvalue weighted by Gasteiger charge is 2.51. The molecular weight excluding hydrogens is 356 g/mol. The van der Waals surface area contributed by atoms with Gasteiger partial charge in [0.05, 0.1) is 6.61 Å². The minimum atomic E-state index is -0.384. The quantitative estimate of drug-likeness (QED) is 0.706. The Bertz CT molecular complexity index is 698. The number of amides is 2. The van der Waals surface area contributed by atoms with E-state index in [0.29, 0.717) is 24.5 Å². The van der Waals surface area contributed by atoms with E-state index < -0.39 is 0 Å². The van der Waals surface area contributed by atoms with Gasteiger partial charge in [-0.05, 0) is 80.8 Å². The van der Waals surface area contributed by atoms with Gasteiger partial charge in [-0.2, -0.15) is 0 Å². The molecule has 6 heteroatoms. The summed E-state index contributed by atoms with van der Waals surface area (Å²) in [4.78, 5) is 24.5. The van der Waals surface area contributed by atoms with Crippen molar-refractivity contribution < 1.29 is 19.1 Å². The second-order valence-corrected chi connectivity index (χ2v) is 8.86. The molecule has 4 aliphatic rings. The maximum Gasteiger partial charge on any atom is 0.276 e. The van der Waals surface area contributed by atoms with Crippen LogP contribution in [0.2, 0.25) is 0 Å². The molecule has 0 spiro atoms. The SMILES string of the molecule is CCOc1ccccc1OCC(=O)NNC(=O)CC12CC3CC(CC(C3)C1)C2. The van der Waals surface area contributed by atoms with Gasteiger partial charge in [0, 0.05) is 6.42 Å². The lowest BCUT2D eigenvalue weighted by molar-refractivity contribution is -0.134. The minimum Gasteiger partial charge on any atom is -0.490 e. The summed E-state index contributed by atoms with van der Waals surface area (Å²) in [6, 6.07) is 7.22. The van der Waals surface area contributed by atoms with E-state index in [2.05, 4.69) is 10.9 Å². The highest BCUT2D eigenvalue weighted by molar-refractivity contribution is 5.83. The second kappa shape index (κ2) is 8.02. The standard InChI is InChI=1S/C22H30N2O4/c1-2-27-18-5-3-4-6-19(18)28-14-21(26)24-23-20(25)13-22-10-15-7-16(11-22)9-17(8-15)12-22/h3-6,15-17H,2,7-14H2,1H3,(H,23,25)(H,24,26). The molecule has 0 atom stereocenters. The van der Waals surface area contributed by atoms with E-state index in [1.165, 1.54) is 38.5 Å². The summed E-state index contributed by atoms with van der Waals surface area (Å²) in [6.07, 6.45) is 8.13. The Labute approximate surface area is 166 Å². The number of hydrogen-bond donors (Lipinski definition) is 2. The van der Waals surface area contributed by atoms with E-state index in [-0.39, 0.29) is 23.8 Å². The van der Waals surface area contributed by atoms with E-state index in [4.69, 9.17) is 9.47 Å². The average Bonchev–Trinajstić information content (AvgIpc) is 2.64. The molecule has 0 heterocycles. The van der Waals surface area contributed by atoms with Crippen molar-refractivity contribution in [1.29, 1.82) is 0 Å². The Balaban J connectivity index is 1.22. The number of para-hydroxylation sites is 2. The summed E-state index contributed by atoms with van der Waals surface area (Å²) < 4.78 is 11.0. The van der Waals surface area contributed by atoms with Gasteiger partial charge in [0.1, 0.15) is 0 Å². The largest absolute Gasteiger partial charge is 0.490 e. The van der Waals surface area contributed by atoms with Crippen LogP contribution in [0.1, 0.15) is 51.9 Å². The molecule has 0 aromatic heterocycles. The van der Waals surface area contributed by atoms with Crippen molar-refractivity contribution in [3.05, 3.63) is 24.3 Å². The molecule has 1 aromatic rings. The third kappa shape index (κ3) is 4.26. The van der Waals surface area contributed by atoms with Crippen LogP contribution in [0.25, 0.3) is 0 Å². The zero-order valence-electron chi connectivity index (χ0n) is 16.5. The van der Waals surface area contributed by atoms with Crippen molar-refractivity contribution in [3.8, 4) is 11.5 Å². The molecule has 0 unspecified atom stereocenters. The Kier molecular flexibility index (Phi) is 5.47. The van der Waals surface area contributed by atoms with Crippen LogP contribution < -0.4 is 20.3 Å². The molecule has 1 aromatic carbocycles. The predicted molar refractivity (Wildman–Crippen MR) is 105 cm³/mol. The van der Waals surface area contributed by atoms with Gasteiger partial charge in [-0.25, -0.2) is 0 Å². The van der Waals surface area contributed by atoms with Crippen LogP contribution in [0.15, 0.2) is 24.3 Å². The molecule has 4 aliphatic carbocycles. The summed E-state index contributed by atoms with van der Waals surface area (Å²) in [6.45, 7) is 2.23. The van der Waals surface area contributed by atoms with Crippen molar-refractivity contribution in [2.24, 2.45) is 23.2 Å². The number of hydrogen-bond acceptors (Lipinski definition) is 4. The average molecular weight is 386 g/mol. The molecule has 6 nitrogen and oxygen atoms in total. The summed E-state index contributed by atoms with van der Waals surface area (Å²) in [5, 5.41) is 0. The summed E-state index contributed by atoms with van der Waals surface area (Å²) in [7, 11) is 0. The lowest BCUT2D eigenvalue weighted by Gasteiger charge is -2.56. The zero-order valence-corrected chi connectivity index (χ0v) is 16.5. The molecule has 4 fully saturated rings. The number of hydrazine groups is 1. The molecule has 152 valence electrons. The van der Waals surface area contributed by atoms with Crippen molar-refractivity contribution >= 4 is 11.8 Å². The number of ether oxygens (including phenoxy) is 2. The second-order valence-electron chi connectivity index (χ2n) is 8.86. The van der Waals surface area contributed by atoms with E-state index >= 15 is 0 Å². The lowest BCUT2D eigenvalue weighted by atomic mass is 9.49. The first-order valence-corrected chi connectivity index (χ1v) is 10.5. The summed E-state index contributed by atoms with van der Waals surface area (Å²) in [5.74, 6) is 3.07. The monoisotopic (exact) mass is 386 g/mol. The van der Waals surface area contributed by atoms with Gasteiger partial charge in [0.2, 0.25) is 5.91 Å². The number of carbonyl (C=O) groups excluding carboxylic acids is 2. The van der Waals surface area contributed by atoms with Crippen LogP contribution in [0.3, 0.4) is 0 Å². The fraction of sp³-hybridized carbons (Fsp3) is 0.636. The summed E-state index contributed by atoms with van der Waals surface area (Å²) in [5.41, 5.74) is 5.23. The molecule has 28 heavy (non-hydrogen) atoms. The maximum absolute atomic E-state index is 12.5. The molecule has 5 rings (SSSR count). The maximum atomic E-state index is 12.5. The van der Waals surface area contributed by atoms with Gasteiger partial charge in [-0.1, -0.05) is 12.1 Å². The number of carbonyl (C=O) groups is 2. The van der Waals surface area contributed by atoms with Gasteiger partial charge in [-0.3, -0.25) is 20.4 Å². The van der Waals surface area contributed by atoms with E-state index in [1.807, 2.05) is 19.1 Å². The normalized spacial score (nSPS) is 30.0. The van der Waals surface area contributed by atoms with Gasteiger partial charge in [0.15, 0.2) is 18.1 Å². The van der Waals surface area contributed by atoms with Crippen LogP contribution in [-0.4, -0.2) is 25.0 Å². The number of benzene rings is 1. The Morgan fingerprint density at radius 2 is 1.46 bits per heavy atom. The van der Waals surface area contributed by atoms with Crippen molar-refractivity contribution in [3.63, 3.8) is 0 Å². The number of rotatable bonds is 7. The smallest absolute Gasteiger partial charge is 0.276 e. The molecule has 2 amide bonds. The number of nitrogens with one attached hydrogen (secondary N) is 2. The fourth-order valence-corrected chi connectivity index (χ4v) is 6.05. The van der Waals surface area contributed by atoms with Crippen molar-refractivity contribution in [2.45, 2.75) is 51.9 Å².